The highest BCUT2D eigenvalue weighted by molar-refractivity contribution is 6.45. The van der Waals surface area contributed by atoms with E-state index in [1.807, 2.05) is 32.0 Å². The molecule has 1 unspecified atom stereocenters. The van der Waals surface area contributed by atoms with Crippen LogP contribution in [-0.4, -0.2) is 43.5 Å². The summed E-state index contributed by atoms with van der Waals surface area (Å²) >= 11 is 12.1. The number of nitrogens with two attached hydrogens (primary N) is 1. The van der Waals surface area contributed by atoms with Crippen LogP contribution in [0.2, 0.25) is 10.0 Å². The molecule has 2 aromatic rings. The van der Waals surface area contributed by atoms with Gasteiger partial charge in [0.15, 0.2) is 0 Å². The smallest absolute Gasteiger partial charge is 0.275 e. The summed E-state index contributed by atoms with van der Waals surface area (Å²) in [7, 11) is 1.61. The number of pyridine rings is 1. The number of rotatable bonds is 13. The molecule has 36 heavy (non-hydrogen) atoms. The monoisotopic (exact) mass is 533 g/mol. The van der Waals surface area contributed by atoms with Gasteiger partial charge in [-0.3, -0.25) is 14.8 Å². The van der Waals surface area contributed by atoms with E-state index in [1.165, 1.54) is 6.20 Å². The van der Waals surface area contributed by atoms with Gasteiger partial charge in [-0.25, -0.2) is 0 Å². The first-order valence-electron chi connectivity index (χ1n) is 11.4. The van der Waals surface area contributed by atoms with Crippen molar-refractivity contribution >= 4 is 34.8 Å². The minimum atomic E-state index is -0.382. The molecule has 0 fully saturated rings. The van der Waals surface area contributed by atoms with E-state index in [0.717, 1.165) is 16.7 Å². The number of hydrogen-bond donors (Lipinski definition) is 3. The molecular weight excluding hydrogens is 501 g/mol. The molecule has 0 spiro atoms. The summed E-state index contributed by atoms with van der Waals surface area (Å²) in [6.07, 6.45) is 4.50. The van der Waals surface area contributed by atoms with Crippen LogP contribution in [0.1, 0.15) is 38.0 Å². The molecule has 10 heteroatoms. The molecule has 4 N–H and O–H groups in total. The van der Waals surface area contributed by atoms with Crippen molar-refractivity contribution in [2.45, 2.75) is 33.4 Å². The third-order valence-corrected chi connectivity index (χ3v) is 5.82. The van der Waals surface area contributed by atoms with Gasteiger partial charge in [-0.15, -0.1) is 0 Å². The Bertz CT molecular complexity index is 1100. The van der Waals surface area contributed by atoms with Crippen LogP contribution in [0, 0.1) is 0 Å². The number of benzene rings is 1. The largest absolute Gasteiger partial charge is 0.404 e. The van der Waals surface area contributed by atoms with Crippen molar-refractivity contribution in [2.75, 3.05) is 26.9 Å². The van der Waals surface area contributed by atoms with Crippen LogP contribution in [0.5, 0.6) is 0 Å². The lowest BCUT2D eigenvalue weighted by molar-refractivity contribution is -0.114. The number of ether oxygens (including phenoxy) is 2. The molecule has 8 nitrogen and oxygen atoms in total. The average Bonchev–Trinajstić information content (AvgIpc) is 2.87. The summed E-state index contributed by atoms with van der Waals surface area (Å²) in [5.74, 6) is 0.185. The maximum absolute atomic E-state index is 13.1. The Labute approximate surface area is 222 Å². The Hall–Kier alpha value is -2.91. The van der Waals surface area contributed by atoms with Gasteiger partial charge in [-0.1, -0.05) is 35.3 Å². The lowest BCUT2D eigenvalue weighted by Gasteiger charge is -2.17. The second-order valence-corrected chi connectivity index (χ2v) is 8.93. The summed E-state index contributed by atoms with van der Waals surface area (Å²) in [5.41, 5.74) is 9.18. The van der Waals surface area contributed by atoms with Crippen molar-refractivity contribution in [3.05, 3.63) is 87.1 Å². The molecule has 0 saturated carbocycles. The molecule has 1 aromatic heterocycles. The van der Waals surface area contributed by atoms with Gasteiger partial charge < -0.3 is 25.8 Å². The first kappa shape index (κ1) is 29.3. The van der Waals surface area contributed by atoms with Crippen molar-refractivity contribution in [3.8, 4) is 0 Å². The Kier molecular flexibility index (Phi) is 12.4. The molecule has 0 aliphatic heterocycles. The zero-order valence-electron chi connectivity index (χ0n) is 21.0. The predicted molar refractivity (Wildman–Crippen MR) is 145 cm³/mol. The predicted octanol–water partition coefficient (Wildman–Crippen LogP) is 4.55. The average molecular weight is 534 g/mol. The van der Waals surface area contributed by atoms with E-state index in [0.29, 0.717) is 34.6 Å². The minimum absolute atomic E-state index is 0.223. The molecule has 0 aliphatic rings. The van der Waals surface area contributed by atoms with Gasteiger partial charge in [-0.2, -0.15) is 0 Å². The second kappa shape index (κ2) is 15.3. The van der Waals surface area contributed by atoms with Crippen LogP contribution in [-0.2, 0) is 20.8 Å². The van der Waals surface area contributed by atoms with Crippen molar-refractivity contribution in [1.29, 1.82) is 0 Å². The summed E-state index contributed by atoms with van der Waals surface area (Å²) in [6, 6.07) is 9.13. The highest BCUT2D eigenvalue weighted by Crippen LogP contribution is 2.22. The van der Waals surface area contributed by atoms with Crippen LogP contribution in [0.3, 0.4) is 0 Å². The van der Waals surface area contributed by atoms with Gasteiger partial charge in [0.25, 0.3) is 5.91 Å². The number of allylic oxidation sites excluding steroid dienone is 1. The number of amides is 1. The van der Waals surface area contributed by atoms with E-state index in [-0.39, 0.29) is 30.9 Å². The number of aliphatic imine (C=N–C) groups is 1. The molecule has 0 aliphatic carbocycles. The molecule has 0 bridgehead atoms. The number of nitrogens with zero attached hydrogens (tertiary/aromatic N) is 2. The first-order chi connectivity index (χ1) is 17.3. The minimum Gasteiger partial charge on any atom is -0.404 e. The molecule has 2 rings (SSSR count). The molecule has 0 saturated heterocycles. The second-order valence-electron chi connectivity index (χ2n) is 8.11. The van der Waals surface area contributed by atoms with Crippen LogP contribution in [0.25, 0.3) is 0 Å². The number of halogens is 2. The molecule has 1 atom stereocenters. The zero-order valence-corrected chi connectivity index (χ0v) is 22.5. The topological polar surface area (TPSA) is 111 Å². The number of methoxy groups -OCH3 is 1. The molecule has 1 aromatic carbocycles. The van der Waals surface area contributed by atoms with Crippen LogP contribution < -0.4 is 16.4 Å². The number of nitrogens with one attached hydrogen (secondary N) is 2. The Balaban J connectivity index is 2.04. The van der Waals surface area contributed by atoms with Crippen molar-refractivity contribution < 1.29 is 14.3 Å². The fraction of sp³-hybridized carbons (Fsp3) is 0.346. The Morgan fingerprint density at radius 1 is 1.22 bits per heavy atom. The van der Waals surface area contributed by atoms with E-state index in [1.54, 1.807) is 38.6 Å². The van der Waals surface area contributed by atoms with Crippen LogP contribution in [0.15, 0.2) is 70.9 Å². The zero-order chi connectivity index (χ0) is 26.5. The summed E-state index contributed by atoms with van der Waals surface area (Å²) in [6.45, 7) is 6.87. The Morgan fingerprint density at radius 2 is 2.00 bits per heavy atom. The van der Waals surface area contributed by atoms with E-state index in [4.69, 9.17) is 38.4 Å². The first-order valence-corrected chi connectivity index (χ1v) is 12.1. The van der Waals surface area contributed by atoms with Crippen molar-refractivity contribution in [2.24, 2.45) is 10.7 Å². The quantitative estimate of drug-likeness (QED) is 0.257. The summed E-state index contributed by atoms with van der Waals surface area (Å²) in [4.78, 5) is 21.7. The van der Waals surface area contributed by atoms with E-state index in [2.05, 4.69) is 20.6 Å². The molecule has 1 heterocycles. The summed E-state index contributed by atoms with van der Waals surface area (Å²) < 4.78 is 11.2. The Morgan fingerprint density at radius 3 is 2.61 bits per heavy atom. The maximum atomic E-state index is 13.1. The van der Waals surface area contributed by atoms with E-state index >= 15 is 0 Å². The van der Waals surface area contributed by atoms with Crippen LogP contribution in [0.4, 0.5) is 0 Å². The molecular formula is C26H33Cl2N5O3. The van der Waals surface area contributed by atoms with Gasteiger partial charge in [0.05, 0.1) is 29.8 Å². The lowest BCUT2D eigenvalue weighted by atomic mass is 10.1. The fourth-order valence-electron chi connectivity index (χ4n) is 3.12. The summed E-state index contributed by atoms with van der Waals surface area (Å²) in [5, 5.41) is 7.09. The van der Waals surface area contributed by atoms with Crippen molar-refractivity contribution in [3.63, 3.8) is 0 Å². The molecule has 194 valence electrons. The van der Waals surface area contributed by atoms with E-state index < -0.39 is 0 Å². The maximum Gasteiger partial charge on any atom is 0.275 e. The number of hydrogen-bond acceptors (Lipinski definition) is 7. The number of carbonyl (C=O) groups excluding carboxylic acids is 1. The van der Waals surface area contributed by atoms with Gasteiger partial charge >= 0.3 is 0 Å². The normalized spacial score (nSPS) is 12.7. The third kappa shape index (κ3) is 9.28. The fourth-order valence-corrected chi connectivity index (χ4v) is 3.44. The molecule has 0 radical (unpaired) electrons. The van der Waals surface area contributed by atoms with Gasteiger partial charge in [-0.05, 0) is 61.9 Å². The lowest BCUT2D eigenvalue weighted by Crippen LogP contribution is -2.37. The standard InChI is InChI=1S/C26H33Cl2N5O3/c1-17(2)25(32-14-19-7-8-21(27)22(28)12-19)33-26(34)24(18(3)13-29)31-10-11-36-23(16-35-4)20-6-5-9-30-15-20/h5-9,12-13,15,23,32H,10-11,14,16,29H2,1-4H3,(H,33,34)/b18-13-,31-24?. The molecule has 1 amide bonds. The van der Waals surface area contributed by atoms with Gasteiger partial charge in [0, 0.05) is 31.6 Å². The van der Waals surface area contributed by atoms with E-state index in [9.17, 15) is 4.79 Å². The van der Waals surface area contributed by atoms with Gasteiger partial charge in [0.1, 0.15) is 17.6 Å². The number of aromatic nitrogens is 1. The SMILES string of the molecule is COCC(OCCN=C(C(=O)NC(NCc1ccc(Cl)c(Cl)c1)=C(C)C)/C(C)=C\N)c1cccnc1. The van der Waals surface area contributed by atoms with Gasteiger partial charge in [0.2, 0.25) is 0 Å². The highest BCUT2D eigenvalue weighted by Gasteiger charge is 2.16. The van der Waals surface area contributed by atoms with Crippen molar-refractivity contribution in [1.82, 2.24) is 15.6 Å². The van der Waals surface area contributed by atoms with Crippen LogP contribution >= 0.6 is 23.2 Å². The third-order valence-electron chi connectivity index (χ3n) is 5.08. The highest BCUT2D eigenvalue weighted by atomic mass is 35.5. The number of carbonyl (C=O) groups is 1.